The van der Waals surface area contributed by atoms with Crippen molar-refractivity contribution < 1.29 is 4.39 Å². The summed E-state index contributed by atoms with van der Waals surface area (Å²) in [6.45, 7) is 0. The third-order valence-electron chi connectivity index (χ3n) is 3.73. The molecule has 3 N–H and O–H groups in total. The Balaban J connectivity index is 1.76. The summed E-state index contributed by atoms with van der Waals surface area (Å²) < 4.78 is 15.5. The van der Waals surface area contributed by atoms with Crippen LogP contribution in [0.5, 0.6) is 0 Å². The van der Waals surface area contributed by atoms with Crippen LogP contribution in [0.2, 0.25) is 10.0 Å². The standard InChI is InChI=1S/C17H11Cl2FN6/c18-11-7-9(8-12(19)16(11)21)22-14-5-6-15-23-24-17(26(15)25-14)10-3-1-2-4-13(10)20/h1-8H,21H2,(H,22,25). The van der Waals surface area contributed by atoms with Crippen LogP contribution < -0.4 is 11.1 Å². The SMILES string of the molecule is Nc1c(Cl)cc(Nc2ccc3nnc(-c4ccccc4F)n3n2)cc1Cl. The number of halogens is 3. The molecular weight excluding hydrogens is 378 g/mol. The van der Waals surface area contributed by atoms with Crippen LogP contribution in [0.3, 0.4) is 0 Å². The molecule has 0 saturated carbocycles. The first-order valence-corrected chi connectivity index (χ1v) is 8.27. The Morgan fingerprint density at radius 1 is 1.00 bits per heavy atom. The van der Waals surface area contributed by atoms with Crippen LogP contribution in [-0.2, 0) is 0 Å². The van der Waals surface area contributed by atoms with Gasteiger partial charge in [0.1, 0.15) is 5.82 Å². The molecule has 6 nitrogen and oxygen atoms in total. The maximum absolute atomic E-state index is 14.1. The Bertz CT molecular complexity index is 1100. The van der Waals surface area contributed by atoms with E-state index in [0.29, 0.717) is 44.3 Å². The van der Waals surface area contributed by atoms with Gasteiger partial charge in [0.25, 0.3) is 0 Å². The smallest absolute Gasteiger partial charge is 0.188 e. The van der Waals surface area contributed by atoms with E-state index in [4.69, 9.17) is 28.9 Å². The minimum atomic E-state index is -0.404. The van der Waals surface area contributed by atoms with Crippen molar-refractivity contribution in [1.82, 2.24) is 19.8 Å². The second-order valence-corrected chi connectivity index (χ2v) is 6.28. The number of anilines is 3. The first-order valence-electron chi connectivity index (χ1n) is 7.52. The van der Waals surface area contributed by atoms with Gasteiger partial charge in [-0.2, -0.15) is 4.52 Å². The van der Waals surface area contributed by atoms with Gasteiger partial charge in [-0.3, -0.25) is 0 Å². The highest BCUT2D eigenvalue weighted by atomic mass is 35.5. The number of hydrogen-bond acceptors (Lipinski definition) is 5. The molecule has 4 rings (SSSR count). The lowest BCUT2D eigenvalue weighted by molar-refractivity contribution is 0.629. The van der Waals surface area contributed by atoms with E-state index in [0.717, 1.165) is 0 Å². The molecule has 0 bridgehead atoms. The van der Waals surface area contributed by atoms with Crippen molar-refractivity contribution in [2.75, 3.05) is 11.1 Å². The van der Waals surface area contributed by atoms with Gasteiger partial charge in [-0.1, -0.05) is 35.3 Å². The third kappa shape index (κ3) is 2.91. The van der Waals surface area contributed by atoms with Crippen molar-refractivity contribution in [3.63, 3.8) is 0 Å². The van der Waals surface area contributed by atoms with E-state index in [1.54, 1.807) is 42.5 Å². The first-order chi connectivity index (χ1) is 12.5. The molecule has 0 fully saturated rings. The van der Waals surface area contributed by atoms with Crippen LogP contribution >= 0.6 is 23.2 Å². The molecule has 0 amide bonds. The molecule has 0 aliphatic heterocycles. The van der Waals surface area contributed by atoms with Gasteiger partial charge in [0.05, 0.1) is 21.3 Å². The van der Waals surface area contributed by atoms with Gasteiger partial charge in [-0.25, -0.2) is 4.39 Å². The Kier molecular flexibility index (Phi) is 4.10. The molecule has 0 spiro atoms. The molecule has 0 aliphatic carbocycles. The van der Waals surface area contributed by atoms with Crippen LogP contribution in [0.4, 0.5) is 21.6 Å². The van der Waals surface area contributed by atoms with Gasteiger partial charge in [-0.15, -0.1) is 15.3 Å². The number of nitrogens with zero attached hydrogens (tertiary/aromatic N) is 4. The van der Waals surface area contributed by atoms with Crippen molar-refractivity contribution in [1.29, 1.82) is 0 Å². The minimum Gasteiger partial charge on any atom is -0.396 e. The highest BCUT2D eigenvalue weighted by Crippen LogP contribution is 2.32. The molecule has 26 heavy (non-hydrogen) atoms. The summed E-state index contributed by atoms with van der Waals surface area (Å²) in [5.74, 6) is 0.376. The summed E-state index contributed by atoms with van der Waals surface area (Å²) in [6, 6.07) is 13.0. The molecule has 2 heterocycles. The van der Waals surface area contributed by atoms with E-state index in [1.165, 1.54) is 10.6 Å². The maximum atomic E-state index is 14.1. The second-order valence-electron chi connectivity index (χ2n) is 5.47. The van der Waals surface area contributed by atoms with Crippen molar-refractivity contribution in [2.45, 2.75) is 0 Å². The molecular formula is C17H11Cl2FN6. The molecule has 4 aromatic rings. The van der Waals surface area contributed by atoms with E-state index in [1.807, 2.05) is 0 Å². The van der Waals surface area contributed by atoms with E-state index >= 15 is 0 Å². The fourth-order valence-corrected chi connectivity index (χ4v) is 2.96. The van der Waals surface area contributed by atoms with E-state index in [9.17, 15) is 4.39 Å². The highest BCUT2D eigenvalue weighted by Gasteiger charge is 2.14. The fraction of sp³-hybridized carbons (Fsp3) is 0. The lowest BCUT2D eigenvalue weighted by Gasteiger charge is -2.09. The third-order valence-corrected chi connectivity index (χ3v) is 4.35. The van der Waals surface area contributed by atoms with E-state index in [2.05, 4.69) is 20.6 Å². The normalized spacial score (nSPS) is 11.0. The molecule has 2 aromatic heterocycles. The monoisotopic (exact) mass is 388 g/mol. The average molecular weight is 389 g/mol. The quantitative estimate of drug-likeness (QED) is 0.502. The Morgan fingerprint density at radius 3 is 2.46 bits per heavy atom. The summed E-state index contributed by atoms with van der Waals surface area (Å²) in [7, 11) is 0. The fourth-order valence-electron chi connectivity index (χ4n) is 2.47. The number of nitrogens with two attached hydrogens (primary N) is 1. The number of benzene rings is 2. The zero-order valence-corrected chi connectivity index (χ0v) is 14.6. The molecule has 0 saturated heterocycles. The van der Waals surface area contributed by atoms with E-state index in [-0.39, 0.29) is 0 Å². The predicted molar refractivity (Wildman–Crippen MR) is 100 cm³/mol. The summed E-state index contributed by atoms with van der Waals surface area (Å²) in [6.07, 6.45) is 0. The minimum absolute atomic E-state index is 0.301. The maximum Gasteiger partial charge on any atom is 0.188 e. The molecule has 0 atom stereocenters. The molecule has 0 radical (unpaired) electrons. The van der Waals surface area contributed by atoms with Crippen molar-refractivity contribution in [2.24, 2.45) is 0 Å². The molecule has 9 heteroatoms. The number of nitrogen functional groups attached to an aromatic ring is 1. The summed E-state index contributed by atoms with van der Waals surface area (Å²) >= 11 is 12.1. The number of fused-ring (bicyclic) bond motifs is 1. The second kappa shape index (κ2) is 6.44. The number of aromatic nitrogens is 4. The zero-order valence-electron chi connectivity index (χ0n) is 13.1. The van der Waals surface area contributed by atoms with E-state index < -0.39 is 5.82 Å². The van der Waals surface area contributed by atoms with Gasteiger partial charge >= 0.3 is 0 Å². The topological polar surface area (TPSA) is 81.1 Å². The first kappa shape index (κ1) is 16.6. The number of rotatable bonds is 3. The van der Waals surface area contributed by atoms with Crippen LogP contribution in [0, 0.1) is 5.82 Å². The van der Waals surface area contributed by atoms with Crippen LogP contribution in [0.25, 0.3) is 17.0 Å². The van der Waals surface area contributed by atoms with Crippen molar-refractivity contribution in [3.8, 4) is 11.4 Å². The molecule has 2 aromatic carbocycles. The summed E-state index contributed by atoms with van der Waals surface area (Å²) in [4.78, 5) is 0. The number of nitrogens with one attached hydrogen (secondary N) is 1. The van der Waals surface area contributed by atoms with Crippen LogP contribution in [-0.4, -0.2) is 19.8 Å². The largest absolute Gasteiger partial charge is 0.396 e. The van der Waals surface area contributed by atoms with Crippen molar-refractivity contribution >= 4 is 46.0 Å². The summed E-state index contributed by atoms with van der Waals surface area (Å²) in [5, 5.41) is 16.2. The van der Waals surface area contributed by atoms with Gasteiger partial charge in [-0.05, 0) is 36.4 Å². The Hall–Kier alpha value is -2.90. The van der Waals surface area contributed by atoms with Gasteiger partial charge < -0.3 is 11.1 Å². The van der Waals surface area contributed by atoms with Crippen molar-refractivity contribution in [3.05, 3.63) is 64.4 Å². The van der Waals surface area contributed by atoms with Crippen LogP contribution in [0.1, 0.15) is 0 Å². The number of hydrogen-bond donors (Lipinski definition) is 2. The van der Waals surface area contributed by atoms with Crippen LogP contribution in [0.15, 0.2) is 48.5 Å². The lowest BCUT2D eigenvalue weighted by atomic mass is 10.2. The van der Waals surface area contributed by atoms with Gasteiger partial charge in [0.2, 0.25) is 0 Å². The zero-order chi connectivity index (χ0) is 18.3. The lowest BCUT2D eigenvalue weighted by Crippen LogP contribution is -2.01. The Morgan fingerprint density at radius 2 is 1.73 bits per heavy atom. The van der Waals surface area contributed by atoms with Gasteiger partial charge in [0.15, 0.2) is 17.3 Å². The summed E-state index contributed by atoms with van der Waals surface area (Å²) in [5.41, 5.74) is 7.46. The predicted octanol–water partition coefficient (Wildman–Crippen LogP) is 4.56. The molecule has 0 aliphatic rings. The Labute approximate surface area is 157 Å². The molecule has 0 unspecified atom stereocenters. The van der Waals surface area contributed by atoms with Gasteiger partial charge in [0, 0.05) is 5.69 Å². The highest BCUT2D eigenvalue weighted by molar-refractivity contribution is 6.39. The average Bonchev–Trinajstić information content (AvgIpc) is 3.03. The molecule has 130 valence electrons.